The zero-order chi connectivity index (χ0) is 12.8. The van der Waals surface area contributed by atoms with Crippen LogP contribution in [0, 0.1) is 5.92 Å². The van der Waals surface area contributed by atoms with Crippen LogP contribution in [0.5, 0.6) is 0 Å². The van der Waals surface area contributed by atoms with Crippen molar-refractivity contribution in [2.45, 2.75) is 38.1 Å². The molecule has 1 aliphatic heterocycles. The Kier molecular flexibility index (Phi) is 2.62. The summed E-state index contributed by atoms with van der Waals surface area (Å²) >= 11 is 0. The second-order valence-corrected chi connectivity index (χ2v) is 5.86. The Bertz CT molecular complexity index is 507. The van der Waals surface area contributed by atoms with Crippen molar-refractivity contribution in [3.63, 3.8) is 0 Å². The highest BCUT2D eigenvalue weighted by molar-refractivity contribution is 5.94. The third-order valence-corrected chi connectivity index (χ3v) is 4.60. The summed E-state index contributed by atoms with van der Waals surface area (Å²) in [4.78, 5) is 14.8. The predicted octanol–water partition coefficient (Wildman–Crippen LogP) is 1.15. The van der Waals surface area contributed by atoms with Gasteiger partial charge in [-0.25, -0.2) is 0 Å². The summed E-state index contributed by atoms with van der Waals surface area (Å²) in [5.74, 6) is 0.760. The lowest BCUT2D eigenvalue weighted by Crippen LogP contribution is -2.50. The maximum atomic E-state index is 12.8. The molecule has 4 rings (SSSR count). The maximum absolute atomic E-state index is 12.8. The smallest absolute Gasteiger partial charge is 0.275 e. The number of aryl methyl sites for hydroxylation is 1. The molecule has 1 saturated carbocycles. The summed E-state index contributed by atoms with van der Waals surface area (Å²) in [5.41, 5.74) is 2.99. The first-order chi connectivity index (χ1) is 9.34. The minimum Gasteiger partial charge on any atom is -0.377 e. The number of fused-ring (bicyclic) bond motifs is 1. The van der Waals surface area contributed by atoms with Gasteiger partial charge < -0.3 is 9.64 Å². The first-order valence-electron chi connectivity index (χ1n) is 7.29. The Morgan fingerprint density at radius 2 is 2.26 bits per heavy atom. The van der Waals surface area contributed by atoms with Crippen LogP contribution < -0.4 is 0 Å². The zero-order valence-corrected chi connectivity index (χ0v) is 11.0. The van der Waals surface area contributed by atoms with Crippen molar-refractivity contribution >= 4 is 5.91 Å². The van der Waals surface area contributed by atoms with Gasteiger partial charge in [0.05, 0.1) is 19.3 Å². The van der Waals surface area contributed by atoms with E-state index in [9.17, 15) is 4.79 Å². The molecule has 102 valence electrons. The molecular weight excluding hydrogens is 242 g/mol. The highest BCUT2D eigenvalue weighted by atomic mass is 16.5. The normalized spacial score (nSPS) is 26.5. The number of amides is 1. The van der Waals surface area contributed by atoms with Crippen molar-refractivity contribution < 1.29 is 9.53 Å². The van der Waals surface area contributed by atoms with E-state index in [1.54, 1.807) is 0 Å². The number of carbonyl (C=O) groups excluding carboxylic acids is 1. The standard InChI is InChI=1S/C14H19N3O2/c18-14(13-10-2-1-3-11(10)15-16-13)17-6-7-19-8-12(17)9-4-5-9/h9,12H,1-8H2,(H,15,16). The van der Waals surface area contributed by atoms with Crippen molar-refractivity contribution in [3.8, 4) is 0 Å². The number of aromatic amines is 1. The van der Waals surface area contributed by atoms with Crippen molar-refractivity contribution in [2.24, 2.45) is 5.92 Å². The Hall–Kier alpha value is -1.36. The molecule has 0 spiro atoms. The lowest BCUT2D eigenvalue weighted by Gasteiger charge is -2.35. The second-order valence-electron chi connectivity index (χ2n) is 5.86. The lowest BCUT2D eigenvalue weighted by atomic mass is 10.1. The number of hydrogen-bond acceptors (Lipinski definition) is 3. The van der Waals surface area contributed by atoms with Gasteiger partial charge >= 0.3 is 0 Å². The molecule has 1 unspecified atom stereocenters. The van der Waals surface area contributed by atoms with E-state index in [4.69, 9.17) is 4.74 Å². The molecule has 3 aliphatic rings. The van der Waals surface area contributed by atoms with Gasteiger partial charge in [-0.2, -0.15) is 5.10 Å². The number of aromatic nitrogens is 2. The third kappa shape index (κ3) is 1.87. The fourth-order valence-electron chi connectivity index (χ4n) is 3.38. The topological polar surface area (TPSA) is 58.2 Å². The quantitative estimate of drug-likeness (QED) is 0.868. The van der Waals surface area contributed by atoms with Crippen LogP contribution >= 0.6 is 0 Å². The minimum atomic E-state index is 0.111. The molecule has 2 heterocycles. The van der Waals surface area contributed by atoms with Gasteiger partial charge in [-0.15, -0.1) is 0 Å². The number of carbonyl (C=O) groups is 1. The molecule has 0 aromatic carbocycles. The van der Waals surface area contributed by atoms with Gasteiger partial charge in [0.2, 0.25) is 0 Å². The van der Waals surface area contributed by atoms with Crippen LogP contribution in [0.3, 0.4) is 0 Å². The summed E-state index contributed by atoms with van der Waals surface area (Å²) in [6, 6.07) is 0.273. The molecule has 1 saturated heterocycles. The van der Waals surface area contributed by atoms with Gasteiger partial charge in [0.1, 0.15) is 0 Å². The van der Waals surface area contributed by atoms with Crippen LogP contribution in [0.25, 0.3) is 0 Å². The Morgan fingerprint density at radius 3 is 3.11 bits per heavy atom. The molecule has 1 aromatic rings. The molecule has 1 amide bonds. The number of morpholine rings is 1. The van der Waals surface area contributed by atoms with Crippen LogP contribution in [0.4, 0.5) is 0 Å². The lowest BCUT2D eigenvalue weighted by molar-refractivity contribution is -0.00869. The fourth-order valence-corrected chi connectivity index (χ4v) is 3.38. The van der Waals surface area contributed by atoms with Crippen LogP contribution in [0.2, 0.25) is 0 Å². The molecule has 1 atom stereocenters. The second kappa shape index (κ2) is 4.34. The van der Waals surface area contributed by atoms with Gasteiger partial charge in [0.15, 0.2) is 5.69 Å². The number of nitrogens with zero attached hydrogens (tertiary/aromatic N) is 2. The van der Waals surface area contributed by atoms with E-state index in [1.165, 1.54) is 18.5 Å². The van der Waals surface area contributed by atoms with Crippen LogP contribution in [-0.2, 0) is 17.6 Å². The largest absolute Gasteiger partial charge is 0.377 e. The number of nitrogens with one attached hydrogen (secondary N) is 1. The van der Waals surface area contributed by atoms with Crippen molar-refractivity contribution in [2.75, 3.05) is 19.8 Å². The molecule has 5 nitrogen and oxygen atoms in total. The molecule has 5 heteroatoms. The average Bonchev–Trinajstić information content (AvgIpc) is 3.05. The highest BCUT2D eigenvalue weighted by Gasteiger charge is 2.40. The van der Waals surface area contributed by atoms with E-state index in [0.29, 0.717) is 31.4 Å². The number of ether oxygens (including phenoxy) is 1. The van der Waals surface area contributed by atoms with Crippen molar-refractivity contribution in [1.82, 2.24) is 15.1 Å². The van der Waals surface area contributed by atoms with Gasteiger partial charge in [0, 0.05) is 17.8 Å². The van der Waals surface area contributed by atoms with Crippen LogP contribution in [0.15, 0.2) is 0 Å². The molecule has 2 fully saturated rings. The monoisotopic (exact) mass is 261 g/mol. The summed E-state index contributed by atoms with van der Waals surface area (Å²) in [6.07, 6.45) is 5.63. The Labute approximate surface area is 112 Å². The van der Waals surface area contributed by atoms with Crippen molar-refractivity contribution in [1.29, 1.82) is 0 Å². The Morgan fingerprint density at radius 1 is 1.37 bits per heavy atom. The fraction of sp³-hybridized carbons (Fsp3) is 0.714. The first kappa shape index (κ1) is 11.5. The molecule has 2 aliphatic carbocycles. The molecule has 19 heavy (non-hydrogen) atoms. The van der Waals surface area contributed by atoms with Crippen LogP contribution in [-0.4, -0.2) is 46.8 Å². The molecule has 1 N–H and O–H groups in total. The van der Waals surface area contributed by atoms with E-state index in [1.807, 2.05) is 4.90 Å². The van der Waals surface area contributed by atoms with E-state index in [-0.39, 0.29) is 11.9 Å². The summed E-state index contributed by atoms with van der Waals surface area (Å²) in [6.45, 7) is 2.06. The average molecular weight is 261 g/mol. The molecule has 0 bridgehead atoms. The van der Waals surface area contributed by atoms with Gasteiger partial charge in [0.25, 0.3) is 5.91 Å². The van der Waals surface area contributed by atoms with E-state index >= 15 is 0 Å². The number of hydrogen-bond donors (Lipinski definition) is 1. The summed E-state index contributed by atoms with van der Waals surface area (Å²) < 4.78 is 5.55. The van der Waals surface area contributed by atoms with E-state index in [0.717, 1.165) is 24.8 Å². The third-order valence-electron chi connectivity index (χ3n) is 4.60. The van der Waals surface area contributed by atoms with Crippen LogP contribution in [0.1, 0.15) is 41.0 Å². The van der Waals surface area contributed by atoms with Gasteiger partial charge in [-0.3, -0.25) is 9.89 Å². The summed E-state index contributed by atoms with van der Waals surface area (Å²) in [7, 11) is 0. The molecule has 1 aromatic heterocycles. The number of rotatable bonds is 2. The van der Waals surface area contributed by atoms with E-state index in [2.05, 4.69) is 10.2 Å². The SMILES string of the molecule is O=C(c1n[nH]c2c1CCC2)N1CCOCC1C1CC1. The predicted molar refractivity (Wildman–Crippen MR) is 69.0 cm³/mol. The summed E-state index contributed by atoms with van der Waals surface area (Å²) in [5, 5.41) is 7.31. The maximum Gasteiger partial charge on any atom is 0.275 e. The Balaban J connectivity index is 1.61. The first-order valence-corrected chi connectivity index (χ1v) is 7.29. The molecular formula is C14H19N3O2. The van der Waals surface area contributed by atoms with Gasteiger partial charge in [-0.05, 0) is 38.0 Å². The van der Waals surface area contributed by atoms with Gasteiger partial charge in [-0.1, -0.05) is 0 Å². The zero-order valence-electron chi connectivity index (χ0n) is 11.0. The van der Waals surface area contributed by atoms with E-state index < -0.39 is 0 Å². The van der Waals surface area contributed by atoms with Crippen molar-refractivity contribution in [3.05, 3.63) is 17.0 Å². The minimum absolute atomic E-state index is 0.111. The number of H-pyrrole nitrogens is 1. The highest BCUT2D eigenvalue weighted by Crippen LogP contribution is 2.37. The molecule has 0 radical (unpaired) electrons.